The number of carbonyl (C=O) groups is 1. The molecule has 9 heteroatoms. The van der Waals surface area contributed by atoms with Crippen LogP contribution >= 0.6 is 0 Å². The summed E-state index contributed by atoms with van der Waals surface area (Å²) >= 11 is 0. The SMILES string of the molecule is O=C(O)N[C@@H]1c2ccccc2C[C@@]12CC=C(c1cnc3c(N4CCCc5ncccc54)n[nH]c3n1)CC2. The predicted octanol–water partition coefficient (Wildman–Crippen LogP) is 4.95. The van der Waals surface area contributed by atoms with Crippen molar-refractivity contribution in [3.05, 3.63) is 77.4 Å². The smallest absolute Gasteiger partial charge is 0.405 e. The number of aromatic amines is 1. The molecule has 1 spiro atoms. The van der Waals surface area contributed by atoms with Crippen LogP contribution in [-0.4, -0.2) is 42.9 Å². The molecule has 9 nitrogen and oxygen atoms in total. The van der Waals surface area contributed by atoms with Gasteiger partial charge < -0.3 is 15.3 Å². The number of hydrogen-bond donors (Lipinski definition) is 3. The maximum atomic E-state index is 11.6. The number of benzene rings is 1. The highest BCUT2D eigenvalue weighted by Gasteiger charge is 2.47. The second-order valence-corrected chi connectivity index (χ2v) is 10.3. The van der Waals surface area contributed by atoms with Crippen molar-refractivity contribution in [2.45, 2.75) is 44.6 Å². The van der Waals surface area contributed by atoms with Crippen molar-refractivity contribution in [2.75, 3.05) is 11.4 Å². The second-order valence-electron chi connectivity index (χ2n) is 10.3. The maximum absolute atomic E-state index is 11.6. The van der Waals surface area contributed by atoms with Crippen molar-refractivity contribution in [1.82, 2.24) is 30.5 Å². The van der Waals surface area contributed by atoms with E-state index >= 15 is 0 Å². The van der Waals surface area contributed by atoms with Crippen LogP contribution in [0.4, 0.5) is 16.3 Å². The van der Waals surface area contributed by atoms with E-state index in [9.17, 15) is 9.90 Å². The van der Waals surface area contributed by atoms with Gasteiger partial charge in [-0.25, -0.2) is 14.8 Å². The van der Waals surface area contributed by atoms with Crippen LogP contribution in [0.3, 0.4) is 0 Å². The molecule has 1 amide bonds. The van der Waals surface area contributed by atoms with E-state index in [1.807, 2.05) is 30.6 Å². The Labute approximate surface area is 213 Å². The molecule has 0 bridgehead atoms. The van der Waals surface area contributed by atoms with Gasteiger partial charge in [0.2, 0.25) is 0 Å². The Morgan fingerprint density at radius 1 is 1.16 bits per heavy atom. The average Bonchev–Trinajstić information content (AvgIpc) is 3.47. The first-order valence-electron chi connectivity index (χ1n) is 12.8. The average molecular weight is 494 g/mol. The summed E-state index contributed by atoms with van der Waals surface area (Å²) in [5.74, 6) is 0.783. The van der Waals surface area contributed by atoms with Crippen LogP contribution in [-0.2, 0) is 12.8 Å². The van der Waals surface area contributed by atoms with Crippen LogP contribution in [0, 0.1) is 5.41 Å². The van der Waals surface area contributed by atoms with Gasteiger partial charge in [-0.05, 0) is 67.4 Å². The quantitative estimate of drug-likeness (QED) is 0.369. The highest BCUT2D eigenvalue weighted by molar-refractivity contribution is 5.87. The van der Waals surface area contributed by atoms with Gasteiger partial charge in [-0.1, -0.05) is 30.3 Å². The first-order chi connectivity index (χ1) is 18.1. The van der Waals surface area contributed by atoms with Crippen molar-refractivity contribution < 1.29 is 9.90 Å². The summed E-state index contributed by atoms with van der Waals surface area (Å²) in [6.07, 6.45) is 10.3. The maximum Gasteiger partial charge on any atom is 0.405 e. The third-order valence-corrected chi connectivity index (χ3v) is 8.22. The van der Waals surface area contributed by atoms with Gasteiger partial charge in [0.15, 0.2) is 17.0 Å². The van der Waals surface area contributed by atoms with Crippen LogP contribution in [0.2, 0.25) is 0 Å². The van der Waals surface area contributed by atoms with Gasteiger partial charge in [0.05, 0.1) is 29.3 Å². The number of aryl methyl sites for hydroxylation is 1. The fourth-order valence-electron chi connectivity index (χ4n) is 6.46. The van der Waals surface area contributed by atoms with Gasteiger partial charge in [-0.2, -0.15) is 5.10 Å². The summed E-state index contributed by atoms with van der Waals surface area (Å²) in [5.41, 5.74) is 7.76. The number of allylic oxidation sites excluding steroid dienone is 2. The molecule has 7 rings (SSSR count). The van der Waals surface area contributed by atoms with Crippen molar-refractivity contribution >= 4 is 34.3 Å². The first-order valence-corrected chi connectivity index (χ1v) is 12.8. The third-order valence-electron chi connectivity index (χ3n) is 8.22. The summed E-state index contributed by atoms with van der Waals surface area (Å²) in [7, 11) is 0. The van der Waals surface area contributed by atoms with Gasteiger partial charge in [0, 0.05) is 18.2 Å². The lowest BCUT2D eigenvalue weighted by Crippen LogP contribution is -2.39. The molecule has 4 heterocycles. The van der Waals surface area contributed by atoms with E-state index in [2.05, 4.69) is 49.7 Å². The van der Waals surface area contributed by atoms with Crippen molar-refractivity contribution in [3.8, 4) is 0 Å². The number of nitrogens with zero attached hydrogens (tertiary/aromatic N) is 5. The number of pyridine rings is 1. The summed E-state index contributed by atoms with van der Waals surface area (Å²) in [6, 6.07) is 12.0. The molecule has 3 aromatic heterocycles. The zero-order chi connectivity index (χ0) is 25.0. The van der Waals surface area contributed by atoms with Gasteiger partial charge in [0.1, 0.15) is 0 Å². The first kappa shape index (κ1) is 22.0. The van der Waals surface area contributed by atoms with Crippen LogP contribution in [0.5, 0.6) is 0 Å². The molecule has 0 saturated heterocycles. The Morgan fingerprint density at radius 3 is 2.95 bits per heavy atom. The largest absolute Gasteiger partial charge is 0.465 e. The van der Waals surface area contributed by atoms with E-state index < -0.39 is 6.09 Å². The van der Waals surface area contributed by atoms with E-state index in [-0.39, 0.29) is 11.5 Å². The minimum Gasteiger partial charge on any atom is -0.465 e. The number of fused-ring (bicyclic) bond motifs is 3. The summed E-state index contributed by atoms with van der Waals surface area (Å²) < 4.78 is 0. The standard InChI is InChI=1S/C28H27N7O2/c36-27(37)32-24-19-6-2-1-5-18(19)15-28(24)11-9-17(10-12-28)21-16-30-23-25(31-21)33-34-26(23)35-14-4-7-20-22(35)8-3-13-29-20/h1-3,5-6,8-9,13,16,24,32H,4,7,10-12,14-15H2,(H,36,37)(H,31,33,34)/t24-,28+/m1/s1. The molecule has 1 aromatic carbocycles. The van der Waals surface area contributed by atoms with Gasteiger partial charge in [-0.3, -0.25) is 10.1 Å². The van der Waals surface area contributed by atoms with Crippen LogP contribution < -0.4 is 10.2 Å². The molecule has 2 aliphatic carbocycles. The Kier molecular flexibility index (Phi) is 4.99. The molecule has 0 fully saturated rings. The number of H-pyrrole nitrogens is 1. The number of anilines is 2. The van der Waals surface area contributed by atoms with E-state index in [1.54, 1.807) is 0 Å². The van der Waals surface area contributed by atoms with Crippen LogP contribution in [0.15, 0.2) is 54.9 Å². The highest BCUT2D eigenvalue weighted by atomic mass is 16.4. The topological polar surface area (TPSA) is 120 Å². The Bertz CT molecular complexity index is 1560. The number of rotatable bonds is 3. The molecular formula is C28H27N7O2. The Balaban J connectivity index is 1.18. The number of aromatic nitrogens is 5. The predicted molar refractivity (Wildman–Crippen MR) is 140 cm³/mol. The number of carboxylic acid groups (broad SMARTS) is 1. The van der Waals surface area contributed by atoms with E-state index in [1.165, 1.54) is 5.56 Å². The molecule has 0 unspecified atom stereocenters. The van der Waals surface area contributed by atoms with Gasteiger partial charge >= 0.3 is 6.09 Å². The molecule has 4 aromatic rings. The second kappa shape index (κ2) is 8.40. The van der Waals surface area contributed by atoms with Crippen LogP contribution in [0.1, 0.15) is 54.2 Å². The lowest BCUT2D eigenvalue weighted by atomic mass is 9.70. The summed E-state index contributed by atoms with van der Waals surface area (Å²) in [5, 5.41) is 20.0. The highest BCUT2D eigenvalue weighted by Crippen LogP contribution is 2.54. The Morgan fingerprint density at radius 2 is 2.08 bits per heavy atom. The molecule has 3 N–H and O–H groups in total. The van der Waals surface area contributed by atoms with Crippen molar-refractivity contribution in [3.63, 3.8) is 0 Å². The third kappa shape index (κ3) is 3.56. The summed E-state index contributed by atoms with van der Waals surface area (Å²) in [4.78, 5) is 28.0. The van der Waals surface area contributed by atoms with Crippen molar-refractivity contribution in [2.24, 2.45) is 5.41 Å². The number of amides is 1. The van der Waals surface area contributed by atoms with Crippen LogP contribution in [0.25, 0.3) is 16.7 Å². The minimum atomic E-state index is -0.977. The fourth-order valence-corrected chi connectivity index (χ4v) is 6.46. The molecule has 37 heavy (non-hydrogen) atoms. The Hall–Kier alpha value is -4.27. The molecule has 0 saturated carbocycles. The number of nitrogens with one attached hydrogen (secondary N) is 2. The molecule has 2 atom stereocenters. The fraction of sp³-hybridized carbons (Fsp3) is 0.321. The lowest BCUT2D eigenvalue weighted by Gasteiger charge is -2.38. The minimum absolute atomic E-state index is 0.153. The van der Waals surface area contributed by atoms with E-state index in [0.29, 0.717) is 5.65 Å². The summed E-state index contributed by atoms with van der Waals surface area (Å²) in [6.45, 7) is 0.864. The number of hydrogen-bond acceptors (Lipinski definition) is 6. The zero-order valence-corrected chi connectivity index (χ0v) is 20.3. The normalized spacial score (nSPS) is 22.5. The zero-order valence-electron chi connectivity index (χ0n) is 20.3. The molecule has 3 aliphatic rings. The molecule has 0 radical (unpaired) electrons. The lowest BCUT2D eigenvalue weighted by molar-refractivity contribution is 0.156. The van der Waals surface area contributed by atoms with E-state index in [4.69, 9.17) is 9.97 Å². The monoisotopic (exact) mass is 493 g/mol. The van der Waals surface area contributed by atoms with E-state index in [0.717, 1.165) is 84.6 Å². The van der Waals surface area contributed by atoms with Gasteiger partial charge in [0.25, 0.3) is 0 Å². The van der Waals surface area contributed by atoms with Gasteiger partial charge in [-0.15, -0.1) is 0 Å². The molecule has 186 valence electrons. The molecular weight excluding hydrogens is 466 g/mol. The van der Waals surface area contributed by atoms with Crippen molar-refractivity contribution in [1.29, 1.82) is 0 Å². The molecule has 1 aliphatic heterocycles.